The maximum absolute atomic E-state index is 12.6. The van der Waals surface area contributed by atoms with Gasteiger partial charge in [0.1, 0.15) is 6.42 Å². The predicted molar refractivity (Wildman–Crippen MR) is 95.3 cm³/mol. The summed E-state index contributed by atoms with van der Waals surface area (Å²) in [5.74, 6) is -0.558. The van der Waals surface area contributed by atoms with Gasteiger partial charge in [0.15, 0.2) is 29.9 Å². The van der Waals surface area contributed by atoms with Crippen molar-refractivity contribution < 1.29 is 38.3 Å². The molecule has 1 aromatic carbocycles. The summed E-state index contributed by atoms with van der Waals surface area (Å²) >= 11 is 0. The van der Waals surface area contributed by atoms with Crippen molar-refractivity contribution in [3.05, 3.63) is 17.7 Å². The molecule has 0 bridgehead atoms. The third kappa shape index (κ3) is 4.22. The topological polar surface area (TPSA) is 124 Å². The number of ketones is 1. The molecule has 2 amide bonds. The lowest BCUT2D eigenvalue weighted by Crippen LogP contribution is -3.20. The Morgan fingerprint density at radius 2 is 2.00 bits per heavy atom. The highest BCUT2D eigenvalue weighted by molar-refractivity contribution is 6.04. The lowest BCUT2D eigenvalue weighted by molar-refractivity contribution is -0.909. The Hall–Kier alpha value is -3.14. The molecule has 2 heterocycles. The number of nitrogens with one attached hydrogen (secondary N) is 3. The van der Waals surface area contributed by atoms with Crippen LogP contribution in [0.1, 0.15) is 23.7 Å². The van der Waals surface area contributed by atoms with E-state index in [0.717, 1.165) is 0 Å². The first kappa shape index (κ1) is 19.6. The van der Waals surface area contributed by atoms with Gasteiger partial charge in [-0.3, -0.25) is 19.2 Å². The minimum atomic E-state index is -0.712. The number of Topliss-reactive ketones (excluding diaryl/α,β-unsaturated/α-hetero) is 1. The lowest BCUT2D eigenvalue weighted by Gasteiger charge is -2.30. The van der Waals surface area contributed by atoms with E-state index >= 15 is 0 Å². The van der Waals surface area contributed by atoms with Gasteiger partial charge in [0.05, 0.1) is 25.9 Å². The third-order valence-electron chi connectivity index (χ3n) is 4.71. The van der Waals surface area contributed by atoms with Crippen molar-refractivity contribution in [1.29, 1.82) is 0 Å². The Kier molecular flexibility index (Phi) is 5.78. The van der Waals surface area contributed by atoms with Crippen LogP contribution in [0.4, 0.5) is 5.69 Å². The van der Waals surface area contributed by atoms with Crippen LogP contribution in [0.15, 0.2) is 12.1 Å². The molecule has 0 radical (unpaired) electrons. The Balaban J connectivity index is 1.73. The molecule has 3 N–H and O–H groups in total. The number of anilines is 1. The number of methoxy groups -OCH3 is 1. The van der Waals surface area contributed by atoms with Gasteiger partial charge in [0.2, 0.25) is 6.79 Å². The summed E-state index contributed by atoms with van der Waals surface area (Å²) in [6.07, 6.45) is -0.117. The summed E-state index contributed by atoms with van der Waals surface area (Å²) < 4.78 is 15.2. The largest absolute Gasteiger partial charge is 0.469 e. The molecule has 10 heteroatoms. The fourth-order valence-corrected chi connectivity index (χ4v) is 3.27. The van der Waals surface area contributed by atoms with Crippen molar-refractivity contribution in [2.75, 3.05) is 38.9 Å². The molecule has 0 aliphatic carbocycles. The number of hydrogen-bond acceptors (Lipinski definition) is 7. The van der Waals surface area contributed by atoms with Crippen molar-refractivity contribution in [2.45, 2.75) is 19.4 Å². The van der Waals surface area contributed by atoms with Crippen LogP contribution in [-0.2, 0) is 19.1 Å². The zero-order valence-corrected chi connectivity index (χ0v) is 15.6. The molecule has 3 rings (SSSR count). The van der Waals surface area contributed by atoms with E-state index in [1.54, 1.807) is 6.07 Å². The highest BCUT2D eigenvalue weighted by atomic mass is 16.7. The zero-order chi connectivity index (χ0) is 20.3. The second-order valence-corrected chi connectivity index (χ2v) is 6.56. The quantitative estimate of drug-likeness (QED) is 0.398. The third-order valence-corrected chi connectivity index (χ3v) is 4.71. The highest BCUT2D eigenvalue weighted by Crippen LogP contribution is 2.37. The number of benzene rings is 1. The van der Waals surface area contributed by atoms with Crippen LogP contribution in [0.3, 0.4) is 0 Å². The van der Waals surface area contributed by atoms with Crippen LogP contribution in [0, 0.1) is 0 Å². The number of piperazine rings is 1. The average molecular weight is 392 g/mol. The van der Waals surface area contributed by atoms with Gasteiger partial charge in [-0.2, -0.15) is 0 Å². The first-order valence-electron chi connectivity index (χ1n) is 8.82. The lowest BCUT2D eigenvalue weighted by atomic mass is 10.1. The van der Waals surface area contributed by atoms with Gasteiger partial charge in [-0.05, 0) is 13.0 Å². The summed E-state index contributed by atoms with van der Waals surface area (Å²) in [7, 11) is 1.25. The first-order valence-corrected chi connectivity index (χ1v) is 8.82. The number of esters is 1. The molecule has 0 saturated carbocycles. The maximum atomic E-state index is 12.6. The van der Waals surface area contributed by atoms with E-state index in [1.807, 2.05) is 0 Å². The van der Waals surface area contributed by atoms with Gasteiger partial charge in [0, 0.05) is 11.6 Å². The summed E-state index contributed by atoms with van der Waals surface area (Å²) in [4.78, 5) is 48.9. The van der Waals surface area contributed by atoms with Gasteiger partial charge in [-0.15, -0.1) is 0 Å². The second kappa shape index (κ2) is 8.26. The normalized spacial score (nSPS) is 20.3. The zero-order valence-electron chi connectivity index (χ0n) is 15.6. The molecular weight excluding hydrogens is 370 g/mol. The summed E-state index contributed by atoms with van der Waals surface area (Å²) in [5.41, 5.74) is 0.613. The minimum absolute atomic E-state index is 0.0408. The van der Waals surface area contributed by atoms with Crippen LogP contribution in [0.5, 0.6) is 11.5 Å². The summed E-state index contributed by atoms with van der Waals surface area (Å²) in [6, 6.07) is 2.36. The van der Waals surface area contributed by atoms with E-state index in [2.05, 4.69) is 15.4 Å². The molecule has 0 aromatic heterocycles. The number of hydrogen-bond donors (Lipinski definition) is 3. The molecule has 2 aliphatic rings. The van der Waals surface area contributed by atoms with E-state index in [4.69, 9.17) is 9.47 Å². The van der Waals surface area contributed by atoms with Crippen LogP contribution in [0.25, 0.3) is 0 Å². The SMILES string of the molecule is COC(=O)C[C@@H]1C(=O)NCC[NH+]1CC(=O)Nc1cc2c(cc1C(C)=O)OCO2. The van der Waals surface area contributed by atoms with Gasteiger partial charge in [0.25, 0.3) is 11.8 Å². The smallest absolute Gasteiger partial charge is 0.312 e. The maximum Gasteiger partial charge on any atom is 0.312 e. The monoisotopic (exact) mass is 392 g/mol. The molecule has 10 nitrogen and oxygen atoms in total. The van der Waals surface area contributed by atoms with Crippen molar-refractivity contribution in [3.63, 3.8) is 0 Å². The number of carbonyl (C=O) groups is 4. The highest BCUT2D eigenvalue weighted by Gasteiger charge is 2.37. The fraction of sp³-hybridized carbons (Fsp3) is 0.444. The Morgan fingerprint density at radius 1 is 1.29 bits per heavy atom. The standard InChI is InChI=1S/C18H21N3O7/c1-10(22)11-5-14-15(28-9-27-14)6-12(11)20-16(23)8-21-4-3-19-18(25)13(21)7-17(24)26-2/h5-6,13H,3-4,7-9H2,1-2H3,(H,19,25)(H,20,23)/p+1/t13-/m1/s1. The Bertz CT molecular complexity index is 824. The number of carbonyl (C=O) groups excluding carboxylic acids is 4. The molecule has 150 valence electrons. The predicted octanol–water partition coefficient (Wildman–Crippen LogP) is -1.50. The fourth-order valence-electron chi connectivity index (χ4n) is 3.27. The number of ether oxygens (including phenoxy) is 3. The number of quaternary nitrogens is 1. The summed E-state index contributed by atoms with van der Waals surface area (Å²) in [6.45, 7) is 2.29. The van der Waals surface area contributed by atoms with Gasteiger partial charge in [-0.25, -0.2) is 0 Å². The Labute approximate surface area is 161 Å². The molecule has 0 spiro atoms. The van der Waals surface area contributed by atoms with Crippen LogP contribution in [0.2, 0.25) is 0 Å². The van der Waals surface area contributed by atoms with Crippen LogP contribution in [-0.4, -0.2) is 63.1 Å². The van der Waals surface area contributed by atoms with E-state index in [9.17, 15) is 19.2 Å². The average Bonchev–Trinajstić information content (AvgIpc) is 3.10. The van der Waals surface area contributed by atoms with E-state index in [-0.39, 0.29) is 37.4 Å². The molecule has 1 aromatic rings. The van der Waals surface area contributed by atoms with Crippen molar-refractivity contribution in [1.82, 2.24) is 5.32 Å². The molecular formula is C18H22N3O7+. The van der Waals surface area contributed by atoms with Gasteiger partial charge in [-0.1, -0.05) is 0 Å². The molecule has 1 saturated heterocycles. The molecule has 28 heavy (non-hydrogen) atoms. The number of rotatable bonds is 6. The minimum Gasteiger partial charge on any atom is -0.469 e. The second-order valence-electron chi connectivity index (χ2n) is 6.56. The molecule has 2 atom stereocenters. The molecule has 1 fully saturated rings. The van der Waals surface area contributed by atoms with Crippen molar-refractivity contribution in [2.24, 2.45) is 0 Å². The van der Waals surface area contributed by atoms with Crippen molar-refractivity contribution in [3.8, 4) is 11.5 Å². The Morgan fingerprint density at radius 3 is 2.68 bits per heavy atom. The number of fused-ring (bicyclic) bond motifs is 1. The first-order chi connectivity index (χ1) is 13.4. The van der Waals surface area contributed by atoms with Crippen LogP contribution >= 0.6 is 0 Å². The number of amides is 2. The van der Waals surface area contributed by atoms with Crippen molar-refractivity contribution >= 4 is 29.3 Å². The van der Waals surface area contributed by atoms with E-state index in [0.29, 0.717) is 40.7 Å². The van der Waals surface area contributed by atoms with E-state index in [1.165, 1.54) is 20.1 Å². The molecule has 1 unspecified atom stereocenters. The van der Waals surface area contributed by atoms with Gasteiger partial charge >= 0.3 is 5.97 Å². The summed E-state index contributed by atoms with van der Waals surface area (Å²) in [5, 5.41) is 5.40. The van der Waals surface area contributed by atoms with E-state index < -0.39 is 12.0 Å². The molecule has 2 aliphatic heterocycles. The van der Waals surface area contributed by atoms with Gasteiger partial charge < -0.3 is 29.7 Å². The van der Waals surface area contributed by atoms with Crippen LogP contribution < -0.4 is 25.0 Å².